The lowest BCUT2D eigenvalue weighted by molar-refractivity contribution is 0.238. The van der Waals surface area contributed by atoms with Gasteiger partial charge in [0.15, 0.2) is 5.76 Å². The largest absolute Gasteiger partial charge is 0.494 e. The Labute approximate surface area is 136 Å². The smallest absolute Gasteiger partial charge is 0.315 e. The molecule has 0 unspecified atom stereocenters. The molecule has 1 heterocycles. The van der Waals surface area contributed by atoms with Crippen molar-refractivity contribution in [2.75, 3.05) is 6.61 Å². The molecule has 0 saturated carbocycles. The number of benzene rings is 1. The van der Waals surface area contributed by atoms with E-state index in [1.807, 2.05) is 51.1 Å². The summed E-state index contributed by atoms with van der Waals surface area (Å²) < 4.78 is 10.7. The van der Waals surface area contributed by atoms with E-state index < -0.39 is 0 Å². The van der Waals surface area contributed by atoms with Crippen LogP contribution >= 0.6 is 0 Å². The Kier molecular flexibility index (Phi) is 6.02. The first kappa shape index (κ1) is 16.9. The quantitative estimate of drug-likeness (QED) is 0.822. The second-order valence-electron chi connectivity index (χ2n) is 5.45. The van der Waals surface area contributed by atoms with Crippen LogP contribution in [0.15, 0.2) is 34.9 Å². The van der Waals surface area contributed by atoms with Crippen molar-refractivity contribution in [1.82, 2.24) is 15.8 Å². The number of hydrogen-bond acceptors (Lipinski definition) is 4. The summed E-state index contributed by atoms with van der Waals surface area (Å²) in [7, 11) is 0. The Morgan fingerprint density at radius 3 is 2.70 bits per heavy atom. The highest BCUT2D eigenvalue weighted by molar-refractivity contribution is 5.73. The number of nitrogens with zero attached hydrogens (tertiary/aromatic N) is 1. The number of amides is 2. The number of urea groups is 1. The van der Waals surface area contributed by atoms with Crippen LogP contribution in [0.25, 0.3) is 0 Å². The molecule has 0 saturated heterocycles. The fourth-order valence-corrected chi connectivity index (χ4v) is 2.04. The summed E-state index contributed by atoms with van der Waals surface area (Å²) in [5, 5.41) is 9.51. The summed E-state index contributed by atoms with van der Waals surface area (Å²) in [6, 6.07) is 9.23. The van der Waals surface area contributed by atoms with Crippen LogP contribution < -0.4 is 15.4 Å². The first-order valence-corrected chi connectivity index (χ1v) is 7.78. The van der Waals surface area contributed by atoms with Crippen molar-refractivity contribution >= 4 is 6.03 Å². The van der Waals surface area contributed by atoms with Crippen LogP contribution in [0.1, 0.15) is 43.7 Å². The van der Waals surface area contributed by atoms with Gasteiger partial charge in [0.25, 0.3) is 0 Å². The lowest BCUT2D eigenvalue weighted by atomic mass is 10.1. The molecule has 0 aliphatic carbocycles. The zero-order chi connectivity index (χ0) is 16.7. The Hall–Kier alpha value is -2.50. The molecule has 23 heavy (non-hydrogen) atoms. The third kappa shape index (κ3) is 5.02. The van der Waals surface area contributed by atoms with Gasteiger partial charge in [0.1, 0.15) is 5.75 Å². The van der Waals surface area contributed by atoms with Gasteiger partial charge in [-0.1, -0.05) is 37.2 Å². The van der Waals surface area contributed by atoms with Gasteiger partial charge in [0, 0.05) is 18.2 Å². The van der Waals surface area contributed by atoms with Crippen molar-refractivity contribution in [3.8, 4) is 5.75 Å². The number of rotatable bonds is 7. The molecule has 2 amide bonds. The Morgan fingerprint density at radius 2 is 2.00 bits per heavy atom. The van der Waals surface area contributed by atoms with E-state index in [1.165, 1.54) is 0 Å². The highest BCUT2D eigenvalue weighted by atomic mass is 16.5. The fraction of sp³-hybridized carbons (Fsp3) is 0.412. The van der Waals surface area contributed by atoms with Crippen LogP contribution in [0, 0.1) is 0 Å². The third-order valence-corrected chi connectivity index (χ3v) is 3.30. The predicted octanol–water partition coefficient (Wildman–Crippen LogP) is 3.20. The van der Waals surface area contributed by atoms with E-state index in [0.29, 0.717) is 31.4 Å². The molecule has 0 radical (unpaired) electrons. The first-order chi connectivity index (χ1) is 11.1. The summed E-state index contributed by atoms with van der Waals surface area (Å²) in [6.07, 6.45) is 0. The summed E-state index contributed by atoms with van der Waals surface area (Å²) in [6.45, 7) is 7.30. The standard InChI is InChI=1S/C17H23N3O3/c1-4-22-16-8-6-5-7-13(16)10-18-17(21)19-11-14-9-15(12(2)3)20-23-14/h5-9,12H,4,10-11H2,1-3H3,(H2,18,19,21). The first-order valence-electron chi connectivity index (χ1n) is 7.78. The molecule has 2 N–H and O–H groups in total. The molecule has 6 nitrogen and oxygen atoms in total. The lowest BCUT2D eigenvalue weighted by Crippen LogP contribution is -2.34. The van der Waals surface area contributed by atoms with Crippen LogP contribution in [0.4, 0.5) is 4.79 Å². The third-order valence-electron chi connectivity index (χ3n) is 3.30. The highest BCUT2D eigenvalue weighted by Crippen LogP contribution is 2.17. The van der Waals surface area contributed by atoms with Gasteiger partial charge < -0.3 is 19.9 Å². The summed E-state index contributed by atoms with van der Waals surface area (Å²) in [5.41, 5.74) is 1.82. The van der Waals surface area contributed by atoms with Crippen molar-refractivity contribution < 1.29 is 14.1 Å². The maximum Gasteiger partial charge on any atom is 0.315 e. The van der Waals surface area contributed by atoms with Crippen LogP contribution in [0.3, 0.4) is 0 Å². The summed E-state index contributed by atoms with van der Waals surface area (Å²) in [4.78, 5) is 11.9. The Balaban J connectivity index is 1.81. The molecule has 2 aromatic rings. The van der Waals surface area contributed by atoms with Gasteiger partial charge in [-0.15, -0.1) is 0 Å². The SMILES string of the molecule is CCOc1ccccc1CNC(=O)NCc1cc(C(C)C)no1. The summed E-state index contributed by atoms with van der Waals surface area (Å²) in [5.74, 6) is 1.72. The molecule has 6 heteroatoms. The topological polar surface area (TPSA) is 76.4 Å². The van der Waals surface area contributed by atoms with Gasteiger partial charge in [-0.25, -0.2) is 4.79 Å². The van der Waals surface area contributed by atoms with E-state index in [-0.39, 0.29) is 6.03 Å². The van der Waals surface area contributed by atoms with Gasteiger partial charge in [-0.3, -0.25) is 0 Å². The molecule has 0 atom stereocenters. The number of nitrogens with one attached hydrogen (secondary N) is 2. The number of aromatic nitrogens is 1. The minimum atomic E-state index is -0.265. The van der Waals surface area contributed by atoms with Gasteiger partial charge in [-0.2, -0.15) is 0 Å². The molecule has 0 aliphatic rings. The van der Waals surface area contributed by atoms with Crippen LogP contribution in [-0.2, 0) is 13.1 Å². The average Bonchev–Trinajstić information content (AvgIpc) is 3.01. The molecular formula is C17H23N3O3. The maximum absolute atomic E-state index is 11.9. The molecule has 0 fully saturated rings. The van der Waals surface area contributed by atoms with E-state index in [0.717, 1.165) is 17.0 Å². The van der Waals surface area contributed by atoms with Crippen LogP contribution in [-0.4, -0.2) is 17.8 Å². The van der Waals surface area contributed by atoms with E-state index >= 15 is 0 Å². The van der Waals surface area contributed by atoms with Crippen molar-refractivity contribution in [2.24, 2.45) is 0 Å². The van der Waals surface area contributed by atoms with Crippen molar-refractivity contribution in [3.05, 3.63) is 47.3 Å². The van der Waals surface area contributed by atoms with Crippen molar-refractivity contribution in [1.29, 1.82) is 0 Å². The zero-order valence-corrected chi connectivity index (χ0v) is 13.8. The van der Waals surface area contributed by atoms with Gasteiger partial charge >= 0.3 is 6.03 Å². The van der Waals surface area contributed by atoms with E-state index in [4.69, 9.17) is 9.26 Å². The second kappa shape index (κ2) is 8.22. The number of hydrogen-bond donors (Lipinski definition) is 2. The molecule has 0 aliphatic heterocycles. The minimum Gasteiger partial charge on any atom is -0.494 e. The molecule has 1 aromatic heterocycles. The lowest BCUT2D eigenvalue weighted by Gasteiger charge is -2.11. The molecule has 1 aromatic carbocycles. The van der Waals surface area contributed by atoms with Gasteiger partial charge in [0.2, 0.25) is 0 Å². The molecular weight excluding hydrogens is 294 g/mol. The average molecular weight is 317 g/mol. The minimum absolute atomic E-state index is 0.265. The van der Waals surface area contributed by atoms with E-state index in [9.17, 15) is 4.79 Å². The van der Waals surface area contributed by atoms with E-state index in [2.05, 4.69) is 15.8 Å². The monoisotopic (exact) mass is 317 g/mol. The Bertz CT molecular complexity index is 638. The molecule has 2 rings (SSSR count). The van der Waals surface area contributed by atoms with Crippen molar-refractivity contribution in [3.63, 3.8) is 0 Å². The highest BCUT2D eigenvalue weighted by Gasteiger charge is 2.09. The van der Waals surface area contributed by atoms with Gasteiger partial charge in [-0.05, 0) is 18.9 Å². The van der Waals surface area contributed by atoms with Crippen molar-refractivity contribution in [2.45, 2.75) is 39.8 Å². The maximum atomic E-state index is 11.9. The fourth-order valence-electron chi connectivity index (χ4n) is 2.04. The zero-order valence-electron chi connectivity index (χ0n) is 13.8. The molecule has 0 spiro atoms. The summed E-state index contributed by atoms with van der Waals surface area (Å²) >= 11 is 0. The Morgan fingerprint density at radius 1 is 1.26 bits per heavy atom. The van der Waals surface area contributed by atoms with Crippen LogP contribution in [0.5, 0.6) is 5.75 Å². The number of carbonyl (C=O) groups is 1. The number of carbonyl (C=O) groups excluding carboxylic acids is 1. The second-order valence-corrected chi connectivity index (χ2v) is 5.45. The van der Waals surface area contributed by atoms with E-state index in [1.54, 1.807) is 0 Å². The van der Waals surface area contributed by atoms with Crippen LogP contribution in [0.2, 0.25) is 0 Å². The van der Waals surface area contributed by atoms with Gasteiger partial charge in [0.05, 0.1) is 18.8 Å². The molecule has 0 bridgehead atoms. The number of ether oxygens (including phenoxy) is 1. The molecule has 124 valence electrons. The normalized spacial score (nSPS) is 10.6. The predicted molar refractivity (Wildman–Crippen MR) is 87.3 cm³/mol. The number of para-hydroxylation sites is 1.